The van der Waals surface area contributed by atoms with E-state index in [0.29, 0.717) is 17.4 Å². The van der Waals surface area contributed by atoms with Crippen molar-refractivity contribution in [2.75, 3.05) is 33.2 Å². The second-order valence-corrected chi connectivity index (χ2v) is 7.22. The van der Waals surface area contributed by atoms with Crippen LogP contribution in [0.25, 0.3) is 21.9 Å². The molecule has 1 heterocycles. The molecule has 142 valence electrons. The largest absolute Gasteiger partial charge is 0.507 e. The lowest BCUT2D eigenvalue weighted by Crippen LogP contribution is -2.47. The average Bonchev–Trinajstić information content (AvgIpc) is 2.73. The molecule has 0 spiro atoms. The SMILES string of the molecule is CN1CCN(C(=O)c2ccc(-c3ccc4c(C=O)c(O)ccc4c3)cc2)CC1. The second kappa shape index (κ2) is 7.44. The number of amides is 1. The zero-order valence-electron chi connectivity index (χ0n) is 15.8. The average molecular weight is 374 g/mol. The molecule has 0 aliphatic carbocycles. The van der Waals surface area contributed by atoms with Crippen molar-refractivity contribution in [2.24, 2.45) is 0 Å². The fourth-order valence-electron chi connectivity index (χ4n) is 3.64. The number of likely N-dealkylation sites (N-methyl/N-ethyl adjacent to an activating group) is 1. The number of hydrogen-bond acceptors (Lipinski definition) is 4. The Morgan fingerprint density at radius 3 is 2.29 bits per heavy atom. The maximum atomic E-state index is 12.7. The van der Waals surface area contributed by atoms with Crippen molar-refractivity contribution in [1.82, 2.24) is 9.80 Å². The predicted octanol–water partition coefficient (Wildman–Crippen LogP) is 3.41. The molecule has 3 aromatic carbocycles. The van der Waals surface area contributed by atoms with E-state index < -0.39 is 0 Å². The van der Waals surface area contributed by atoms with Crippen LogP contribution in [0.5, 0.6) is 5.75 Å². The Bertz CT molecular complexity index is 1040. The Morgan fingerprint density at radius 2 is 1.61 bits per heavy atom. The van der Waals surface area contributed by atoms with Gasteiger partial charge in [-0.05, 0) is 53.2 Å². The number of benzene rings is 3. The Morgan fingerprint density at radius 1 is 0.929 bits per heavy atom. The van der Waals surface area contributed by atoms with Gasteiger partial charge in [-0.1, -0.05) is 30.3 Å². The first-order valence-electron chi connectivity index (χ1n) is 9.36. The summed E-state index contributed by atoms with van der Waals surface area (Å²) in [5.41, 5.74) is 2.99. The maximum absolute atomic E-state index is 12.7. The molecule has 4 rings (SSSR count). The van der Waals surface area contributed by atoms with Crippen molar-refractivity contribution in [2.45, 2.75) is 0 Å². The number of carbonyl (C=O) groups excluding carboxylic acids is 2. The first kappa shape index (κ1) is 18.2. The van der Waals surface area contributed by atoms with Crippen LogP contribution in [0.1, 0.15) is 20.7 Å². The predicted molar refractivity (Wildman–Crippen MR) is 110 cm³/mol. The molecule has 1 aliphatic heterocycles. The molecule has 0 bridgehead atoms. The summed E-state index contributed by atoms with van der Waals surface area (Å²) in [6.45, 7) is 3.32. The molecule has 28 heavy (non-hydrogen) atoms. The van der Waals surface area contributed by atoms with E-state index in [1.165, 1.54) is 6.07 Å². The van der Waals surface area contributed by atoms with Crippen LogP contribution in [0.15, 0.2) is 54.6 Å². The van der Waals surface area contributed by atoms with Crippen LogP contribution in [-0.4, -0.2) is 60.3 Å². The van der Waals surface area contributed by atoms with Crippen LogP contribution < -0.4 is 0 Å². The lowest BCUT2D eigenvalue weighted by molar-refractivity contribution is 0.0664. The van der Waals surface area contributed by atoms with Gasteiger partial charge in [0, 0.05) is 31.7 Å². The maximum Gasteiger partial charge on any atom is 0.253 e. The van der Waals surface area contributed by atoms with Gasteiger partial charge in [0.05, 0.1) is 5.56 Å². The van der Waals surface area contributed by atoms with Crippen LogP contribution in [-0.2, 0) is 0 Å². The molecule has 3 aromatic rings. The molecule has 0 aromatic heterocycles. The molecule has 0 unspecified atom stereocenters. The molecule has 0 radical (unpaired) electrons. The topological polar surface area (TPSA) is 60.9 Å². The normalized spacial score (nSPS) is 15.0. The highest BCUT2D eigenvalue weighted by Gasteiger charge is 2.20. The Hall–Kier alpha value is -3.18. The van der Waals surface area contributed by atoms with Gasteiger partial charge >= 0.3 is 0 Å². The van der Waals surface area contributed by atoms with E-state index in [1.807, 2.05) is 47.4 Å². The molecule has 1 fully saturated rings. The van der Waals surface area contributed by atoms with Gasteiger partial charge in [0.2, 0.25) is 0 Å². The lowest BCUT2D eigenvalue weighted by atomic mass is 9.97. The van der Waals surface area contributed by atoms with Gasteiger partial charge in [0.15, 0.2) is 6.29 Å². The molecule has 0 saturated carbocycles. The summed E-state index contributed by atoms with van der Waals surface area (Å²) in [6, 6.07) is 16.7. The minimum atomic E-state index is -0.0120. The molecular formula is C23H22N2O3. The summed E-state index contributed by atoms with van der Waals surface area (Å²) < 4.78 is 0. The number of aromatic hydroxyl groups is 1. The first-order valence-corrected chi connectivity index (χ1v) is 9.36. The summed E-state index contributed by atoms with van der Waals surface area (Å²) in [5.74, 6) is 0.0614. The van der Waals surface area contributed by atoms with Gasteiger partial charge in [0.1, 0.15) is 5.75 Å². The number of piperazine rings is 1. The van der Waals surface area contributed by atoms with Crippen molar-refractivity contribution in [1.29, 1.82) is 0 Å². The molecule has 0 atom stereocenters. The van der Waals surface area contributed by atoms with Crippen molar-refractivity contribution in [3.63, 3.8) is 0 Å². The van der Waals surface area contributed by atoms with Crippen LogP contribution in [0.4, 0.5) is 0 Å². The highest BCUT2D eigenvalue weighted by atomic mass is 16.3. The number of rotatable bonds is 3. The van der Waals surface area contributed by atoms with Crippen LogP contribution in [0.2, 0.25) is 0 Å². The fourth-order valence-corrected chi connectivity index (χ4v) is 3.64. The van der Waals surface area contributed by atoms with Crippen LogP contribution in [0, 0.1) is 0 Å². The van der Waals surface area contributed by atoms with E-state index in [4.69, 9.17) is 0 Å². The molecule has 1 amide bonds. The van der Waals surface area contributed by atoms with Gasteiger partial charge in [0.25, 0.3) is 5.91 Å². The minimum absolute atomic E-state index is 0.0120. The molecule has 5 nitrogen and oxygen atoms in total. The third-order valence-electron chi connectivity index (χ3n) is 5.41. The summed E-state index contributed by atoms with van der Waals surface area (Å²) in [5, 5.41) is 11.4. The van der Waals surface area contributed by atoms with E-state index in [-0.39, 0.29) is 11.7 Å². The van der Waals surface area contributed by atoms with Crippen LogP contribution >= 0.6 is 0 Å². The van der Waals surface area contributed by atoms with Crippen LogP contribution in [0.3, 0.4) is 0 Å². The number of phenols is 1. The van der Waals surface area contributed by atoms with Gasteiger partial charge in [-0.15, -0.1) is 0 Å². The van der Waals surface area contributed by atoms with Gasteiger partial charge in [-0.25, -0.2) is 0 Å². The van der Waals surface area contributed by atoms with E-state index in [2.05, 4.69) is 11.9 Å². The number of aldehydes is 1. The fraction of sp³-hybridized carbons (Fsp3) is 0.217. The number of carbonyl (C=O) groups is 2. The second-order valence-electron chi connectivity index (χ2n) is 7.22. The number of fused-ring (bicyclic) bond motifs is 1. The van der Waals surface area contributed by atoms with Gasteiger partial charge in [-0.3, -0.25) is 9.59 Å². The molecule has 1 N–H and O–H groups in total. The molecule has 1 aliphatic rings. The van der Waals surface area contributed by atoms with E-state index in [1.54, 1.807) is 6.07 Å². The standard InChI is InChI=1S/C23H22N2O3/c1-24-10-12-25(13-11-24)23(28)17-4-2-16(3-5-17)18-6-8-20-19(14-18)7-9-22(27)21(20)15-26/h2-9,14-15,27H,10-13H2,1H3. The smallest absolute Gasteiger partial charge is 0.253 e. The minimum Gasteiger partial charge on any atom is -0.507 e. The zero-order chi connectivity index (χ0) is 19.7. The summed E-state index contributed by atoms with van der Waals surface area (Å²) in [6.07, 6.45) is 0.677. The number of nitrogens with zero attached hydrogens (tertiary/aromatic N) is 2. The van der Waals surface area contributed by atoms with Crippen molar-refractivity contribution in [3.05, 3.63) is 65.7 Å². The first-order chi connectivity index (χ1) is 13.6. The highest BCUT2D eigenvalue weighted by Crippen LogP contribution is 2.30. The Kier molecular flexibility index (Phi) is 4.84. The van der Waals surface area contributed by atoms with Crippen molar-refractivity contribution >= 4 is 23.0 Å². The molecular weight excluding hydrogens is 352 g/mol. The number of phenolic OH excluding ortho intramolecular Hbond substituents is 1. The summed E-state index contributed by atoms with van der Waals surface area (Å²) in [4.78, 5) is 28.1. The Labute approximate surface area is 163 Å². The third kappa shape index (κ3) is 3.37. The monoisotopic (exact) mass is 374 g/mol. The van der Waals surface area contributed by atoms with E-state index in [0.717, 1.165) is 48.1 Å². The zero-order valence-corrected chi connectivity index (χ0v) is 15.8. The lowest BCUT2D eigenvalue weighted by Gasteiger charge is -2.32. The summed E-state index contributed by atoms with van der Waals surface area (Å²) in [7, 11) is 2.07. The van der Waals surface area contributed by atoms with E-state index >= 15 is 0 Å². The van der Waals surface area contributed by atoms with Crippen molar-refractivity contribution < 1.29 is 14.7 Å². The Balaban J connectivity index is 1.59. The van der Waals surface area contributed by atoms with E-state index in [9.17, 15) is 14.7 Å². The third-order valence-corrected chi connectivity index (χ3v) is 5.41. The van der Waals surface area contributed by atoms with Crippen molar-refractivity contribution in [3.8, 4) is 16.9 Å². The highest BCUT2D eigenvalue weighted by molar-refractivity contribution is 6.02. The van der Waals surface area contributed by atoms with Gasteiger partial charge in [-0.2, -0.15) is 0 Å². The summed E-state index contributed by atoms with van der Waals surface area (Å²) >= 11 is 0. The molecule has 1 saturated heterocycles. The molecule has 5 heteroatoms. The number of hydrogen-bond donors (Lipinski definition) is 1. The quantitative estimate of drug-likeness (QED) is 0.714. The van der Waals surface area contributed by atoms with Gasteiger partial charge < -0.3 is 14.9 Å².